The van der Waals surface area contributed by atoms with Gasteiger partial charge in [-0.05, 0) is 64.8 Å². The van der Waals surface area contributed by atoms with Gasteiger partial charge in [0.05, 0.1) is 6.61 Å². The Kier molecular flexibility index (Phi) is 5.21. The van der Waals surface area contributed by atoms with Crippen LogP contribution in [-0.2, 0) is 0 Å². The van der Waals surface area contributed by atoms with Crippen LogP contribution in [0.3, 0.4) is 0 Å². The number of hydrogen-bond donors (Lipinski definition) is 0. The fourth-order valence-electron chi connectivity index (χ4n) is 1.75. The van der Waals surface area contributed by atoms with Crippen LogP contribution >= 0.6 is 27.5 Å². The van der Waals surface area contributed by atoms with E-state index >= 15 is 0 Å². The van der Waals surface area contributed by atoms with Gasteiger partial charge in [0.2, 0.25) is 0 Å². The fourth-order valence-corrected chi connectivity index (χ4v) is 2.61. The highest BCUT2D eigenvalue weighted by Crippen LogP contribution is 2.24. The van der Waals surface area contributed by atoms with E-state index < -0.39 is 0 Å². The third-order valence-electron chi connectivity index (χ3n) is 2.77. The zero-order valence-corrected chi connectivity index (χ0v) is 13.4. The van der Waals surface area contributed by atoms with E-state index in [9.17, 15) is 4.79 Å². The second-order valence-corrected chi connectivity index (χ2v) is 5.62. The van der Waals surface area contributed by atoms with Gasteiger partial charge in [-0.15, -0.1) is 0 Å². The minimum Gasteiger partial charge on any atom is -0.494 e. The number of benzene rings is 2. The van der Waals surface area contributed by atoms with Crippen molar-refractivity contribution in [2.45, 2.75) is 13.3 Å². The van der Waals surface area contributed by atoms with Gasteiger partial charge in [-0.3, -0.25) is 4.79 Å². The van der Waals surface area contributed by atoms with Crippen LogP contribution < -0.4 is 4.74 Å². The van der Waals surface area contributed by atoms with Gasteiger partial charge in [0.25, 0.3) is 0 Å². The predicted molar refractivity (Wildman–Crippen MR) is 84.8 cm³/mol. The summed E-state index contributed by atoms with van der Waals surface area (Å²) >= 11 is 9.24. The van der Waals surface area contributed by atoms with Crippen LogP contribution in [0.2, 0.25) is 5.02 Å². The Labute approximate surface area is 131 Å². The smallest absolute Gasteiger partial charge is 0.194 e. The first kappa shape index (κ1) is 15.1. The van der Waals surface area contributed by atoms with E-state index in [4.69, 9.17) is 16.3 Å². The molecule has 2 nitrogen and oxygen atoms in total. The van der Waals surface area contributed by atoms with E-state index in [1.165, 1.54) is 0 Å². The summed E-state index contributed by atoms with van der Waals surface area (Å²) in [5.74, 6) is 0.731. The summed E-state index contributed by atoms with van der Waals surface area (Å²) < 4.78 is 6.19. The molecule has 0 bridgehead atoms. The molecule has 0 aliphatic heterocycles. The molecule has 0 fully saturated rings. The highest BCUT2D eigenvalue weighted by Gasteiger charge is 2.12. The average Bonchev–Trinajstić information content (AvgIpc) is 2.45. The lowest BCUT2D eigenvalue weighted by molar-refractivity contribution is 0.103. The molecule has 0 saturated heterocycles. The molecule has 2 aromatic rings. The maximum Gasteiger partial charge on any atom is 0.194 e. The average molecular weight is 354 g/mol. The number of rotatable bonds is 5. The van der Waals surface area contributed by atoms with Gasteiger partial charge in [0.1, 0.15) is 5.75 Å². The van der Waals surface area contributed by atoms with Crippen molar-refractivity contribution in [3.8, 4) is 5.75 Å². The molecular formula is C16H14BrClO2. The molecule has 0 saturated carbocycles. The van der Waals surface area contributed by atoms with Crippen LogP contribution in [0.4, 0.5) is 0 Å². The second-order valence-electron chi connectivity index (χ2n) is 4.33. The Morgan fingerprint density at radius 2 is 1.90 bits per heavy atom. The molecule has 0 unspecified atom stereocenters. The Bertz CT molecular complexity index is 608. The first-order valence-electron chi connectivity index (χ1n) is 6.34. The van der Waals surface area contributed by atoms with Crippen LogP contribution in [0.25, 0.3) is 0 Å². The summed E-state index contributed by atoms with van der Waals surface area (Å²) in [6, 6.07) is 12.3. The van der Waals surface area contributed by atoms with Crippen LogP contribution in [-0.4, -0.2) is 12.4 Å². The predicted octanol–water partition coefficient (Wildman–Crippen LogP) is 5.12. The molecule has 4 heteroatoms. The van der Waals surface area contributed by atoms with Gasteiger partial charge in [-0.1, -0.05) is 18.5 Å². The standard InChI is InChI=1S/C16H14BrClO2/c1-2-9-20-13-6-3-11(4-7-13)16(19)14-8-5-12(18)10-15(14)17/h3-8,10H,2,9H2,1H3. The Morgan fingerprint density at radius 1 is 1.20 bits per heavy atom. The summed E-state index contributed by atoms with van der Waals surface area (Å²) in [7, 11) is 0. The molecule has 0 aliphatic carbocycles. The number of carbonyl (C=O) groups is 1. The van der Waals surface area contributed by atoms with Crippen molar-refractivity contribution in [1.82, 2.24) is 0 Å². The van der Waals surface area contributed by atoms with Crippen LogP contribution in [0.5, 0.6) is 5.75 Å². The Morgan fingerprint density at radius 3 is 2.50 bits per heavy atom. The van der Waals surface area contributed by atoms with E-state index in [1.807, 2.05) is 12.1 Å². The van der Waals surface area contributed by atoms with Crippen molar-refractivity contribution >= 4 is 33.3 Å². The molecule has 0 N–H and O–H groups in total. The Hall–Kier alpha value is -1.32. The summed E-state index contributed by atoms with van der Waals surface area (Å²) in [6.07, 6.45) is 0.957. The van der Waals surface area contributed by atoms with Crippen molar-refractivity contribution < 1.29 is 9.53 Å². The van der Waals surface area contributed by atoms with Crippen LogP contribution in [0, 0.1) is 0 Å². The molecule has 2 rings (SSSR count). The summed E-state index contributed by atoms with van der Waals surface area (Å²) in [4.78, 5) is 12.4. The molecule has 0 aromatic heterocycles. The van der Waals surface area contributed by atoms with Gasteiger partial charge in [0.15, 0.2) is 5.78 Å². The van der Waals surface area contributed by atoms with Crippen molar-refractivity contribution in [2.75, 3.05) is 6.61 Å². The molecule has 0 atom stereocenters. The quantitative estimate of drug-likeness (QED) is 0.697. The normalized spacial score (nSPS) is 10.3. The number of ether oxygens (including phenoxy) is 1. The van der Waals surface area contributed by atoms with Crippen LogP contribution in [0.1, 0.15) is 29.3 Å². The van der Waals surface area contributed by atoms with E-state index in [2.05, 4.69) is 22.9 Å². The van der Waals surface area contributed by atoms with Gasteiger partial charge in [0, 0.05) is 20.6 Å². The molecule has 2 aromatic carbocycles. The van der Waals surface area contributed by atoms with Crippen LogP contribution in [0.15, 0.2) is 46.9 Å². The van der Waals surface area contributed by atoms with E-state index in [0.29, 0.717) is 27.2 Å². The van der Waals surface area contributed by atoms with Crippen molar-refractivity contribution in [1.29, 1.82) is 0 Å². The lowest BCUT2D eigenvalue weighted by Gasteiger charge is -2.07. The third kappa shape index (κ3) is 3.62. The maximum atomic E-state index is 12.4. The van der Waals surface area contributed by atoms with E-state index in [1.54, 1.807) is 30.3 Å². The molecule has 104 valence electrons. The lowest BCUT2D eigenvalue weighted by Crippen LogP contribution is -2.02. The maximum absolute atomic E-state index is 12.4. The number of hydrogen-bond acceptors (Lipinski definition) is 2. The van der Waals surface area contributed by atoms with Crippen molar-refractivity contribution in [2.24, 2.45) is 0 Å². The molecule has 0 amide bonds. The minimum absolute atomic E-state index is 0.0458. The topological polar surface area (TPSA) is 26.3 Å². The SMILES string of the molecule is CCCOc1ccc(C(=O)c2ccc(Cl)cc2Br)cc1. The first-order valence-corrected chi connectivity index (χ1v) is 7.51. The summed E-state index contributed by atoms with van der Waals surface area (Å²) in [5, 5.41) is 0.594. The van der Waals surface area contributed by atoms with Gasteiger partial charge in [-0.2, -0.15) is 0 Å². The zero-order valence-electron chi connectivity index (χ0n) is 11.0. The monoisotopic (exact) mass is 352 g/mol. The highest BCUT2D eigenvalue weighted by atomic mass is 79.9. The van der Waals surface area contributed by atoms with Crippen molar-refractivity contribution in [3.63, 3.8) is 0 Å². The zero-order chi connectivity index (χ0) is 14.5. The molecule has 20 heavy (non-hydrogen) atoms. The fraction of sp³-hybridized carbons (Fsp3) is 0.188. The number of carbonyl (C=O) groups excluding carboxylic acids is 1. The number of ketones is 1. The molecular weight excluding hydrogens is 340 g/mol. The largest absolute Gasteiger partial charge is 0.494 e. The second kappa shape index (κ2) is 6.91. The van der Waals surface area contributed by atoms with Gasteiger partial charge >= 0.3 is 0 Å². The van der Waals surface area contributed by atoms with Gasteiger partial charge in [-0.25, -0.2) is 0 Å². The summed E-state index contributed by atoms with van der Waals surface area (Å²) in [5.41, 5.74) is 1.22. The molecule has 0 spiro atoms. The third-order valence-corrected chi connectivity index (χ3v) is 3.66. The molecule has 0 radical (unpaired) electrons. The highest BCUT2D eigenvalue weighted by molar-refractivity contribution is 9.10. The van der Waals surface area contributed by atoms with Crippen molar-refractivity contribution in [3.05, 3.63) is 63.1 Å². The number of halogens is 2. The van der Waals surface area contributed by atoms with E-state index in [0.717, 1.165) is 12.2 Å². The first-order chi connectivity index (χ1) is 9.61. The lowest BCUT2D eigenvalue weighted by atomic mass is 10.0. The Balaban J connectivity index is 2.20. The molecule has 0 heterocycles. The van der Waals surface area contributed by atoms with E-state index in [-0.39, 0.29) is 5.78 Å². The summed E-state index contributed by atoms with van der Waals surface area (Å²) in [6.45, 7) is 2.73. The van der Waals surface area contributed by atoms with Gasteiger partial charge < -0.3 is 4.74 Å². The minimum atomic E-state index is -0.0458. The molecule has 0 aliphatic rings.